The molecule has 0 unspecified atom stereocenters. The second-order valence-corrected chi connectivity index (χ2v) is 4.09. The Bertz CT molecular complexity index is 408. The van der Waals surface area contributed by atoms with E-state index in [1.165, 1.54) is 0 Å². The number of hydrogen-bond donors (Lipinski definition) is 0. The zero-order chi connectivity index (χ0) is 8.55. The topological polar surface area (TPSA) is 13.1 Å². The summed E-state index contributed by atoms with van der Waals surface area (Å²) < 4.78 is 6.58. The third-order valence-corrected chi connectivity index (χ3v) is 2.90. The Morgan fingerprint density at radius 2 is 2.25 bits per heavy atom. The summed E-state index contributed by atoms with van der Waals surface area (Å²) in [5, 5.41) is 2.10. The number of thioether (sulfide) groups is 1. The lowest BCUT2D eigenvalue weighted by molar-refractivity contribution is 0.514. The van der Waals surface area contributed by atoms with Gasteiger partial charge in [-0.25, -0.2) is 0 Å². The Balaban J connectivity index is 2.74. The molecule has 0 fully saturated rings. The van der Waals surface area contributed by atoms with Gasteiger partial charge in [0.25, 0.3) is 0 Å². The van der Waals surface area contributed by atoms with Crippen molar-refractivity contribution in [3.63, 3.8) is 0 Å². The van der Waals surface area contributed by atoms with Crippen LogP contribution in [0.3, 0.4) is 0 Å². The van der Waals surface area contributed by atoms with Crippen LogP contribution < -0.4 is 0 Å². The van der Waals surface area contributed by atoms with Gasteiger partial charge in [-0.05, 0) is 34.3 Å². The molecule has 0 saturated heterocycles. The fraction of sp³-hybridized carbons (Fsp3) is 0.111. The van der Waals surface area contributed by atoms with Crippen LogP contribution in [0.25, 0.3) is 11.0 Å². The zero-order valence-corrected chi connectivity index (χ0v) is 8.91. The van der Waals surface area contributed by atoms with Gasteiger partial charge < -0.3 is 4.42 Å². The van der Waals surface area contributed by atoms with Crippen LogP contribution in [0.15, 0.2) is 38.2 Å². The summed E-state index contributed by atoms with van der Waals surface area (Å²) in [6.45, 7) is 0. The van der Waals surface area contributed by atoms with Gasteiger partial charge in [0.2, 0.25) is 0 Å². The normalized spacial score (nSPS) is 10.8. The lowest BCUT2D eigenvalue weighted by atomic mass is 10.3. The summed E-state index contributed by atoms with van der Waals surface area (Å²) in [5.74, 6) is 0. The van der Waals surface area contributed by atoms with Crippen LogP contribution in [0.5, 0.6) is 0 Å². The summed E-state index contributed by atoms with van der Waals surface area (Å²) in [5.41, 5.74) is 0.932. The molecule has 1 heterocycles. The first-order chi connectivity index (χ1) is 5.81. The van der Waals surface area contributed by atoms with E-state index >= 15 is 0 Å². The second kappa shape index (κ2) is 3.15. The summed E-state index contributed by atoms with van der Waals surface area (Å²) in [4.78, 5) is 0. The minimum Gasteiger partial charge on any atom is -0.449 e. The minimum atomic E-state index is 0.932. The van der Waals surface area contributed by atoms with E-state index < -0.39 is 0 Å². The van der Waals surface area contributed by atoms with E-state index in [9.17, 15) is 0 Å². The highest BCUT2D eigenvalue weighted by atomic mass is 79.9. The third-order valence-electron chi connectivity index (χ3n) is 1.67. The van der Waals surface area contributed by atoms with Crippen molar-refractivity contribution in [1.82, 2.24) is 0 Å². The van der Waals surface area contributed by atoms with Gasteiger partial charge in [-0.2, -0.15) is 0 Å². The summed E-state index contributed by atoms with van der Waals surface area (Å²) >= 11 is 5.05. The average Bonchev–Trinajstić information content (AvgIpc) is 2.49. The molecule has 0 spiro atoms. The maximum absolute atomic E-state index is 5.56. The molecule has 1 aromatic heterocycles. The van der Waals surface area contributed by atoms with E-state index in [1.807, 2.05) is 30.5 Å². The molecule has 2 rings (SSSR count). The predicted octanol–water partition coefficient (Wildman–Crippen LogP) is 3.92. The number of rotatable bonds is 1. The molecule has 0 aliphatic carbocycles. The van der Waals surface area contributed by atoms with Crippen LogP contribution in [-0.2, 0) is 0 Å². The average molecular weight is 243 g/mol. The molecule has 0 aliphatic rings. The van der Waals surface area contributed by atoms with E-state index in [0.29, 0.717) is 0 Å². The molecule has 0 aliphatic heterocycles. The highest BCUT2D eigenvalue weighted by Crippen LogP contribution is 2.30. The van der Waals surface area contributed by atoms with E-state index in [0.717, 1.165) is 20.5 Å². The lowest BCUT2D eigenvalue weighted by Crippen LogP contribution is -1.63. The number of fused-ring (bicyclic) bond motifs is 1. The van der Waals surface area contributed by atoms with Gasteiger partial charge in [0.1, 0.15) is 5.58 Å². The van der Waals surface area contributed by atoms with Crippen LogP contribution in [0.2, 0.25) is 0 Å². The molecule has 0 N–H and O–H groups in total. The van der Waals surface area contributed by atoms with E-state index in [1.54, 1.807) is 11.8 Å². The molecule has 0 bridgehead atoms. The van der Waals surface area contributed by atoms with Gasteiger partial charge in [0.15, 0.2) is 5.09 Å². The molecular weight excluding hydrogens is 236 g/mol. The molecule has 3 heteroatoms. The smallest absolute Gasteiger partial charge is 0.161 e. The Hall–Kier alpha value is -0.410. The summed E-state index contributed by atoms with van der Waals surface area (Å²) in [6.07, 6.45) is 2.01. The van der Waals surface area contributed by atoms with Gasteiger partial charge >= 0.3 is 0 Å². The van der Waals surface area contributed by atoms with Crippen molar-refractivity contribution in [1.29, 1.82) is 0 Å². The van der Waals surface area contributed by atoms with Crippen molar-refractivity contribution in [2.75, 3.05) is 6.26 Å². The van der Waals surface area contributed by atoms with Crippen molar-refractivity contribution < 1.29 is 4.42 Å². The molecule has 1 aromatic carbocycles. The van der Waals surface area contributed by atoms with E-state index in [2.05, 4.69) is 15.9 Å². The van der Waals surface area contributed by atoms with Crippen molar-refractivity contribution in [3.8, 4) is 0 Å². The molecule has 2 aromatic rings. The Kier molecular flexibility index (Phi) is 2.15. The van der Waals surface area contributed by atoms with Gasteiger partial charge in [-0.1, -0.05) is 23.9 Å². The molecule has 0 atom stereocenters. The first-order valence-corrected chi connectivity index (χ1v) is 5.55. The van der Waals surface area contributed by atoms with Crippen LogP contribution >= 0.6 is 27.7 Å². The van der Waals surface area contributed by atoms with E-state index in [4.69, 9.17) is 4.42 Å². The van der Waals surface area contributed by atoms with Gasteiger partial charge in [-0.15, -0.1) is 0 Å². The van der Waals surface area contributed by atoms with Crippen LogP contribution in [0.1, 0.15) is 0 Å². The van der Waals surface area contributed by atoms with Crippen molar-refractivity contribution in [2.24, 2.45) is 0 Å². The quantitative estimate of drug-likeness (QED) is 0.704. The largest absolute Gasteiger partial charge is 0.449 e. The number of para-hydroxylation sites is 1. The SMILES string of the molecule is CSc1cc2cccc(Br)c2o1. The molecule has 12 heavy (non-hydrogen) atoms. The number of furan rings is 1. The third kappa shape index (κ3) is 1.27. The Morgan fingerprint density at radius 3 is 2.92 bits per heavy atom. The molecule has 62 valence electrons. The maximum atomic E-state index is 5.56. The number of hydrogen-bond acceptors (Lipinski definition) is 2. The monoisotopic (exact) mass is 242 g/mol. The van der Waals surface area contributed by atoms with Crippen LogP contribution in [-0.4, -0.2) is 6.26 Å². The van der Waals surface area contributed by atoms with Crippen LogP contribution in [0.4, 0.5) is 0 Å². The zero-order valence-electron chi connectivity index (χ0n) is 6.50. The lowest BCUT2D eigenvalue weighted by Gasteiger charge is -1.89. The highest BCUT2D eigenvalue weighted by molar-refractivity contribution is 9.10. The number of halogens is 1. The fourth-order valence-corrected chi connectivity index (χ4v) is 1.98. The maximum Gasteiger partial charge on any atom is 0.161 e. The van der Waals surface area contributed by atoms with Crippen molar-refractivity contribution in [3.05, 3.63) is 28.7 Å². The fourth-order valence-electron chi connectivity index (χ4n) is 1.10. The molecule has 0 saturated carbocycles. The summed E-state index contributed by atoms with van der Waals surface area (Å²) in [6, 6.07) is 8.08. The van der Waals surface area contributed by atoms with Crippen molar-refractivity contribution >= 4 is 38.7 Å². The van der Waals surface area contributed by atoms with Gasteiger partial charge in [0.05, 0.1) is 4.47 Å². The highest BCUT2D eigenvalue weighted by Gasteiger charge is 2.04. The van der Waals surface area contributed by atoms with Gasteiger partial charge in [-0.3, -0.25) is 0 Å². The predicted molar refractivity (Wildman–Crippen MR) is 55.7 cm³/mol. The molecule has 0 radical (unpaired) electrons. The summed E-state index contributed by atoms with van der Waals surface area (Å²) in [7, 11) is 0. The molecule has 0 amide bonds. The first-order valence-electron chi connectivity index (χ1n) is 3.53. The first kappa shape index (κ1) is 8.20. The molecule has 1 nitrogen and oxygen atoms in total. The van der Waals surface area contributed by atoms with E-state index in [-0.39, 0.29) is 0 Å². The Labute approximate surface area is 83.3 Å². The van der Waals surface area contributed by atoms with Crippen LogP contribution in [0, 0.1) is 0 Å². The Morgan fingerprint density at radius 1 is 1.42 bits per heavy atom. The standard InChI is InChI=1S/C9H7BrOS/c1-12-8-5-6-3-2-4-7(10)9(6)11-8/h2-5H,1H3. The molecular formula is C9H7BrOS. The second-order valence-electron chi connectivity index (χ2n) is 2.43. The number of benzene rings is 1. The van der Waals surface area contributed by atoms with Gasteiger partial charge in [0, 0.05) is 5.39 Å². The minimum absolute atomic E-state index is 0.932. The van der Waals surface area contributed by atoms with Crippen molar-refractivity contribution in [2.45, 2.75) is 5.09 Å².